The highest BCUT2D eigenvalue weighted by Gasteiger charge is 2.16. The smallest absolute Gasteiger partial charge is 0.303 e. The molecule has 1 rings (SSSR count). The van der Waals surface area contributed by atoms with Crippen LogP contribution in [0.2, 0.25) is 0 Å². The van der Waals surface area contributed by atoms with E-state index in [0.717, 1.165) is 6.26 Å². The maximum absolute atomic E-state index is 13.5. The van der Waals surface area contributed by atoms with Gasteiger partial charge in [-0.1, -0.05) is 6.07 Å². The van der Waals surface area contributed by atoms with Crippen molar-refractivity contribution in [1.29, 1.82) is 0 Å². The number of benzene rings is 1. The van der Waals surface area contributed by atoms with E-state index in [9.17, 15) is 17.6 Å². The number of aliphatic carboxylic acids is 1. The summed E-state index contributed by atoms with van der Waals surface area (Å²) in [6.45, 7) is 0. The Morgan fingerprint density at radius 2 is 2.06 bits per heavy atom. The molecule has 0 atom stereocenters. The molecule has 1 aromatic rings. The average Bonchev–Trinajstić information content (AvgIpc) is 2.18. The van der Waals surface area contributed by atoms with Crippen LogP contribution in [0.3, 0.4) is 0 Å². The van der Waals surface area contributed by atoms with E-state index in [0.29, 0.717) is 0 Å². The van der Waals surface area contributed by atoms with Crippen LogP contribution in [0.5, 0.6) is 0 Å². The third-order valence-corrected chi connectivity index (χ3v) is 3.47. The molecule has 17 heavy (non-hydrogen) atoms. The van der Waals surface area contributed by atoms with Gasteiger partial charge in [-0.3, -0.25) is 4.79 Å². The van der Waals surface area contributed by atoms with Crippen LogP contribution >= 0.6 is 0 Å². The van der Waals surface area contributed by atoms with E-state index < -0.39 is 21.6 Å². The maximum atomic E-state index is 13.5. The molecular formula is C11H13FO4S. The predicted molar refractivity (Wildman–Crippen MR) is 60.1 cm³/mol. The molecule has 0 unspecified atom stereocenters. The first-order valence-electron chi connectivity index (χ1n) is 5.01. The summed E-state index contributed by atoms with van der Waals surface area (Å²) in [5, 5.41) is 8.48. The molecule has 0 radical (unpaired) electrons. The van der Waals surface area contributed by atoms with Crippen molar-refractivity contribution in [3.05, 3.63) is 29.6 Å². The second kappa shape index (κ2) is 5.27. The largest absolute Gasteiger partial charge is 0.481 e. The van der Waals surface area contributed by atoms with Gasteiger partial charge in [-0.2, -0.15) is 0 Å². The van der Waals surface area contributed by atoms with Crippen LogP contribution < -0.4 is 0 Å². The Morgan fingerprint density at radius 1 is 1.41 bits per heavy atom. The van der Waals surface area contributed by atoms with Crippen LogP contribution in [0.15, 0.2) is 23.1 Å². The van der Waals surface area contributed by atoms with Gasteiger partial charge in [0.05, 0.1) is 4.90 Å². The van der Waals surface area contributed by atoms with Crippen LogP contribution in [0.4, 0.5) is 4.39 Å². The lowest BCUT2D eigenvalue weighted by molar-refractivity contribution is -0.137. The maximum Gasteiger partial charge on any atom is 0.303 e. The summed E-state index contributed by atoms with van der Waals surface area (Å²) < 4.78 is 36.3. The molecule has 0 amide bonds. The fraction of sp³-hybridized carbons (Fsp3) is 0.364. The van der Waals surface area contributed by atoms with E-state index in [-0.39, 0.29) is 29.7 Å². The molecule has 0 aliphatic rings. The van der Waals surface area contributed by atoms with Gasteiger partial charge < -0.3 is 5.11 Å². The van der Waals surface area contributed by atoms with Crippen LogP contribution in [-0.4, -0.2) is 25.7 Å². The third-order valence-electron chi connectivity index (χ3n) is 2.29. The van der Waals surface area contributed by atoms with Crippen molar-refractivity contribution < 1.29 is 22.7 Å². The predicted octanol–water partition coefficient (Wildman–Crippen LogP) is 1.64. The van der Waals surface area contributed by atoms with E-state index in [1.165, 1.54) is 18.2 Å². The second-order valence-electron chi connectivity index (χ2n) is 3.74. The average molecular weight is 260 g/mol. The van der Waals surface area contributed by atoms with E-state index in [4.69, 9.17) is 5.11 Å². The van der Waals surface area contributed by atoms with E-state index in [1.807, 2.05) is 0 Å². The van der Waals surface area contributed by atoms with Crippen LogP contribution in [0.25, 0.3) is 0 Å². The van der Waals surface area contributed by atoms with Crippen LogP contribution in [0, 0.1) is 5.82 Å². The molecule has 1 N–H and O–H groups in total. The quantitative estimate of drug-likeness (QED) is 0.873. The molecule has 1 aromatic carbocycles. The summed E-state index contributed by atoms with van der Waals surface area (Å²) in [4.78, 5) is 10.3. The molecule has 0 aliphatic carbocycles. The number of sulfone groups is 1. The highest BCUT2D eigenvalue weighted by Crippen LogP contribution is 2.20. The van der Waals surface area contributed by atoms with Gasteiger partial charge in [0, 0.05) is 18.2 Å². The standard InChI is InChI=1S/C11H13FO4S/c1-17(15,16)10-6-3-5-9(12)8(10)4-2-7-11(13)14/h3,5-6H,2,4,7H2,1H3,(H,13,14). The number of halogens is 1. The molecule has 0 fully saturated rings. The van der Waals surface area contributed by atoms with Crippen molar-refractivity contribution in [2.24, 2.45) is 0 Å². The second-order valence-corrected chi connectivity index (χ2v) is 5.72. The van der Waals surface area contributed by atoms with Gasteiger partial charge in [0.25, 0.3) is 0 Å². The Hall–Kier alpha value is -1.43. The van der Waals surface area contributed by atoms with Gasteiger partial charge >= 0.3 is 5.97 Å². The van der Waals surface area contributed by atoms with Gasteiger partial charge in [-0.05, 0) is 25.0 Å². The van der Waals surface area contributed by atoms with E-state index in [1.54, 1.807) is 0 Å². The number of carboxylic acids is 1. The summed E-state index contributed by atoms with van der Waals surface area (Å²) in [6, 6.07) is 3.83. The summed E-state index contributed by atoms with van der Waals surface area (Å²) in [7, 11) is -3.49. The van der Waals surface area contributed by atoms with Gasteiger partial charge in [0.1, 0.15) is 5.82 Å². The van der Waals surface area contributed by atoms with Crippen molar-refractivity contribution in [3.63, 3.8) is 0 Å². The molecule has 0 saturated carbocycles. The van der Waals surface area contributed by atoms with Crippen molar-refractivity contribution in [3.8, 4) is 0 Å². The van der Waals surface area contributed by atoms with Gasteiger partial charge in [-0.25, -0.2) is 12.8 Å². The normalized spacial score (nSPS) is 11.4. The molecule has 0 aliphatic heterocycles. The summed E-state index contributed by atoms with van der Waals surface area (Å²) in [5.41, 5.74) is 0.0660. The molecule has 0 saturated heterocycles. The Bertz CT molecular complexity index is 522. The lowest BCUT2D eigenvalue weighted by Crippen LogP contribution is -2.06. The van der Waals surface area contributed by atoms with Gasteiger partial charge in [0.2, 0.25) is 0 Å². The zero-order chi connectivity index (χ0) is 13.1. The molecule has 94 valence electrons. The summed E-state index contributed by atoms with van der Waals surface area (Å²) in [6.07, 6.45) is 1.19. The van der Waals surface area contributed by atoms with Crippen molar-refractivity contribution in [1.82, 2.24) is 0 Å². The third kappa shape index (κ3) is 3.81. The SMILES string of the molecule is CS(=O)(=O)c1cccc(F)c1CCCC(=O)O. The molecule has 0 spiro atoms. The Labute approximate surface area is 99.0 Å². The number of hydrogen-bond donors (Lipinski definition) is 1. The van der Waals surface area contributed by atoms with Gasteiger partial charge in [-0.15, -0.1) is 0 Å². The Balaban J connectivity index is 3.01. The van der Waals surface area contributed by atoms with E-state index >= 15 is 0 Å². The molecule has 0 aromatic heterocycles. The van der Waals surface area contributed by atoms with Gasteiger partial charge in [0.15, 0.2) is 9.84 Å². The first-order chi connectivity index (χ1) is 7.82. The van der Waals surface area contributed by atoms with Crippen LogP contribution in [-0.2, 0) is 21.1 Å². The lowest BCUT2D eigenvalue weighted by atomic mass is 10.1. The van der Waals surface area contributed by atoms with Crippen molar-refractivity contribution in [2.75, 3.05) is 6.26 Å². The Kier molecular flexibility index (Phi) is 4.22. The van der Waals surface area contributed by atoms with Crippen molar-refractivity contribution in [2.45, 2.75) is 24.2 Å². The monoisotopic (exact) mass is 260 g/mol. The zero-order valence-electron chi connectivity index (χ0n) is 9.31. The molecular weight excluding hydrogens is 247 g/mol. The minimum Gasteiger partial charge on any atom is -0.481 e. The Morgan fingerprint density at radius 3 is 2.59 bits per heavy atom. The fourth-order valence-corrected chi connectivity index (χ4v) is 2.52. The minimum absolute atomic E-state index is 0.0660. The molecule has 6 heteroatoms. The highest BCUT2D eigenvalue weighted by atomic mass is 32.2. The highest BCUT2D eigenvalue weighted by molar-refractivity contribution is 7.90. The zero-order valence-corrected chi connectivity index (χ0v) is 10.1. The van der Waals surface area contributed by atoms with E-state index in [2.05, 4.69) is 0 Å². The number of rotatable bonds is 5. The number of carboxylic acid groups (broad SMARTS) is 1. The molecule has 0 heterocycles. The summed E-state index contributed by atoms with van der Waals surface area (Å²) in [5.74, 6) is -1.60. The number of hydrogen-bond acceptors (Lipinski definition) is 3. The fourth-order valence-electron chi connectivity index (χ4n) is 1.55. The molecule has 4 nitrogen and oxygen atoms in total. The van der Waals surface area contributed by atoms with Crippen LogP contribution in [0.1, 0.15) is 18.4 Å². The number of carbonyl (C=O) groups is 1. The lowest BCUT2D eigenvalue weighted by Gasteiger charge is -2.08. The van der Waals surface area contributed by atoms with Crippen molar-refractivity contribution >= 4 is 15.8 Å². The topological polar surface area (TPSA) is 71.4 Å². The first kappa shape index (κ1) is 13.6. The minimum atomic E-state index is -3.49. The summed E-state index contributed by atoms with van der Waals surface area (Å²) >= 11 is 0. The first-order valence-corrected chi connectivity index (χ1v) is 6.90. The molecule has 0 bridgehead atoms.